The van der Waals surface area contributed by atoms with Gasteiger partial charge in [-0.25, -0.2) is 4.98 Å². The lowest BCUT2D eigenvalue weighted by molar-refractivity contribution is -0.137. The van der Waals surface area contributed by atoms with E-state index in [1.807, 2.05) is 0 Å². The maximum atomic E-state index is 12.7. The lowest BCUT2D eigenvalue weighted by Crippen LogP contribution is -2.15. The zero-order valence-electron chi connectivity index (χ0n) is 13.2. The molecule has 9 heteroatoms. The molecule has 0 radical (unpaired) electrons. The van der Waals surface area contributed by atoms with Crippen molar-refractivity contribution < 1.29 is 23.0 Å². The molecule has 0 bridgehead atoms. The van der Waals surface area contributed by atoms with Crippen LogP contribution in [0.4, 0.5) is 19.1 Å². The van der Waals surface area contributed by atoms with Crippen molar-refractivity contribution in [2.24, 2.45) is 11.8 Å². The van der Waals surface area contributed by atoms with E-state index in [-0.39, 0.29) is 17.3 Å². The van der Waals surface area contributed by atoms with Crippen molar-refractivity contribution in [1.82, 2.24) is 15.2 Å². The predicted molar refractivity (Wildman–Crippen MR) is 81.9 cm³/mol. The number of halogens is 3. The summed E-state index contributed by atoms with van der Waals surface area (Å²) >= 11 is 0. The van der Waals surface area contributed by atoms with Crippen LogP contribution in [0.2, 0.25) is 0 Å². The van der Waals surface area contributed by atoms with E-state index in [0.29, 0.717) is 29.5 Å². The summed E-state index contributed by atoms with van der Waals surface area (Å²) in [6.07, 6.45) is -4.52. The van der Waals surface area contributed by atoms with Crippen LogP contribution in [0.3, 0.4) is 0 Å². The number of aromatic nitrogens is 3. The van der Waals surface area contributed by atoms with Gasteiger partial charge in [0.05, 0.1) is 24.5 Å². The number of nitrogens with one attached hydrogen (secondary N) is 1. The molecule has 1 saturated carbocycles. The number of rotatable bonds is 3. The second-order valence-electron chi connectivity index (χ2n) is 6.33. The lowest BCUT2D eigenvalue weighted by atomic mass is 10.1. The number of hydrogen-bond acceptors (Lipinski definition) is 6. The normalized spacial score (nSPS) is 24.9. The third kappa shape index (κ3) is 2.88. The highest BCUT2D eigenvalue weighted by molar-refractivity contribution is 5.69. The van der Waals surface area contributed by atoms with Gasteiger partial charge in [-0.1, -0.05) is 0 Å². The number of ether oxygens (including phenoxy) is 1. The number of hydrogen-bond donors (Lipinski definition) is 2. The molecule has 2 aromatic rings. The molecule has 2 fully saturated rings. The first-order chi connectivity index (χ1) is 11.8. The first kappa shape index (κ1) is 16.1. The number of fused-ring (bicyclic) bond motifs is 1. The van der Waals surface area contributed by atoms with Gasteiger partial charge in [-0.05, 0) is 25.1 Å². The van der Waals surface area contributed by atoms with Crippen molar-refractivity contribution in [3.05, 3.63) is 29.5 Å². The van der Waals surface area contributed by atoms with E-state index in [4.69, 9.17) is 4.74 Å². The Morgan fingerprint density at radius 3 is 2.52 bits per heavy atom. The third-order valence-electron chi connectivity index (χ3n) is 4.69. The summed E-state index contributed by atoms with van der Waals surface area (Å²) in [5.41, 5.74) is -0.0486. The van der Waals surface area contributed by atoms with Crippen LogP contribution in [0, 0.1) is 18.8 Å². The van der Waals surface area contributed by atoms with Gasteiger partial charge >= 0.3 is 6.18 Å². The average molecular weight is 352 g/mol. The van der Waals surface area contributed by atoms with Crippen molar-refractivity contribution in [3.63, 3.8) is 0 Å². The lowest BCUT2D eigenvalue weighted by Gasteiger charge is -2.12. The van der Waals surface area contributed by atoms with E-state index in [2.05, 4.69) is 20.5 Å². The molecule has 1 aromatic heterocycles. The zero-order valence-corrected chi connectivity index (χ0v) is 13.2. The third-order valence-corrected chi connectivity index (χ3v) is 4.69. The maximum Gasteiger partial charge on any atom is 0.416 e. The number of aryl methyl sites for hydroxylation is 1. The highest BCUT2D eigenvalue weighted by atomic mass is 19.4. The summed E-state index contributed by atoms with van der Waals surface area (Å²) in [5, 5.41) is 21.2. The molecule has 6 nitrogen and oxygen atoms in total. The largest absolute Gasteiger partial charge is 0.507 e. The standard InChI is InChI=1S/C16H15F3N4O2/c1-7-13(9-3-2-8(4-12(9)24)16(17,18)19)22-23-15(20-7)21-14-10-5-25-6-11(10)14/h2-4,10-11,14,24H,5-6H2,1H3,(H,20,21,23)/t10-,11+,14+. The first-order valence-electron chi connectivity index (χ1n) is 7.81. The molecule has 2 aliphatic rings. The van der Waals surface area contributed by atoms with E-state index in [0.717, 1.165) is 19.3 Å². The summed E-state index contributed by atoms with van der Waals surface area (Å²) in [5.74, 6) is 0.806. The second-order valence-corrected chi connectivity index (χ2v) is 6.33. The fourth-order valence-electron chi connectivity index (χ4n) is 3.22. The molecule has 3 atom stereocenters. The van der Waals surface area contributed by atoms with Gasteiger partial charge in [0, 0.05) is 23.4 Å². The highest BCUT2D eigenvalue weighted by Crippen LogP contribution is 2.45. The van der Waals surface area contributed by atoms with E-state index in [1.54, 1.807) is 6.92 Å². The SMILES string of the molecule is Cc1nc(N[C@H]2[C@@H]3COC[C@@H]32)nnc1-c1ccc(C(F)(F)F)cc1O. The van der Waals surface area contributed by atoms with Crippen molar-refractivity contribution in [2.75, 3.05) is 18.5 Å². The number of phenolic OH excluding ortho intramolecular Hbond substituents is 1. The molecule has 2 heterocycles. The van der Waals surface area contributed by atoms with Crippen LogP contribution in [-0.2, 0) is 10.9 Å². The molecular formula is C16H15F3N4O2. The maximum absolute atomic E-state index is 12.7. The van der Waals surface area contributed by atoms with Crippen LogP contribution in [0.25, 0.3) is 11.3 Å². The van der Waals surface area contributed by atoms with Gasteiger partial charge in [0.2, 0.25) is 5.95 Å². The van der Waals surface area contributed by atoms with Crippen molar-refractivity contribution in [1.29, 1.82) is 0 Å². The Morgan fingerprint density at radius 1 is 1.20 bits per heavy atom. The molecular weight excluding hydrogens is 337 g/mol. The van der Waals surface area contributed by atoms with E-state index in [1.165, 1.54) is 6.07 Å². The number of nitrogens with zero attached hydrogens (tertiary/aromatic N) is 3. The molecule has 0 unspecified atom stereocenters. The predicted octanol–water partition coefficient (Wildman–Crippen LogP) is 2.63. The minimum absolute atomic E-state index is 0.161. The van der Waals surface area contributed by atoms with Crippen LogP contribution in [0.15, 0.2) is 18.2 Å². The Balaban J connectivity index is 1.56. The van der Waals surface area contributed by atoms with Crippen molar-refractivity contribution in [2.45, 2.75) is 19.1 Å². The van der Waals surface area contributed by atoms with Crippen LogP contribution in [0.1, 0.15) is 11.3 Å². The molecule has 0 spiro atoms. The molecule has 1 aliphatic carbocycles. The highest BCUT2D eigenvalue weighted by Gasteiger charge is 2.54. The summed E-state index contributed by atoms with van der Waals surface area (Å²) in [6, 6.07) is 3.02. The van der Waals surface area contributed by atoms with Crippen LogP contribution in [-0.4, -0.2) is 39.5 Å². The molecule has 1 saturated heterocycles. The molecule has 2 N–H and O–H groups in total. The van der Waals surface area contributed by atoms with Gasteiger partial charge in [0.25, 0.3) is 0 Å². The Hall–Kier alpha value is -2.42. The van der Waals surface area contributed by atoms with Gasteiger partial charge in [0.15, 0.2) is 0 Å². The number of benzene rings is 1. The van der Waals surface area contributed by atoms with Crippen molar-refractivity contribution >= 4 is 5.95 Å². The minimum atomic E-state index is -4.52. The summed E-state index contributed by atoms with van der Waals surface area (Å²) in [4.78, 5) is 4.31. The summed E-state index contributed by atoms with van der Waals surface area (Å²) in [6.45, 7) is 3.13. The quantitative estimate of drug-likeness (QED) is 0.884. The van der Waals surface area contributed by atoms with Gasteiger partial charge < -0.3 is 15.2 Å². The van der Waals surface area contributed by atoms with E-state index < -0.39 is 17.5 Å². The second kappa shape index (κ2) is 5.55. The molecule has 1 aromatic carbocycles. The summed E-state index contributed by atoms with van der Waals surface area (Å²) < 4.78 is 43.4. The van der Waals surface area contributed by atoms with E-state index >= 15 is 0 Å². The minimum Gasteiger partial charge on any atom is -0.507 e. The smallest absolute Gasteiger partial charge is 0.416 e. The molecule has 0 amide bonds. The Kier molecular flexibility index (Phi) is 3.57. The Morgan fingerprint density at radius 2 is 1.92 bits per heavy atom. The van der Waals surface area contributed by atoms with E-state index in [9.17, 15) is 18.3 Å². The topological polar surface area (TPSA) is 80.2 Å². The van der Waals surface area contributed by atoms with Gasteiger partial charge in [-0.2, -0.15) is 13.2 Å². The van der Waals surface area contributed by atoms with Gasteiger partial charge in [-0.3, -0.25) is 0 Å². The zero-order chi connectivity index (χ0) is 17.8. The summed E-state index contributed by atoms with van der Waals surface area (Å²) in [7, 11) is 0. The molecule has 1 aliphatic heterocycles. The molecule has 25 heavy (non-hydrogen) atoms. The van der Waals surface area contributed by atoms with Gasteiger partial charge in [0.1, 0.15) is 11.4 Å². The molecule has 132 valence electrons. The number of alkyl halides is 3. The van der Waals surface area contributed by atoms with Crippen LogP contribution in [0.5, 0.6) is 5.75 Å². The van der Waals surface area contributed by atoms with Crippen molar-refractivity contribution in [3.8, 4) is 17.0 Å². The number of anilines is 1. The van der Waals surface area contributed by atoms with Crippen LogP contribution >= 0.6 is 0 Å². The average Bonchev–Trinajstić information content (AvgIpc) is 2.97. The monoisotopic (exact) mass is 352 g/mol. The van der Waals surface area contributed by atoms with Gasteiger partial charge in [-0.15, -0.1) is 10.2 Å². The Labute approximate surface area is 141 Å². The van der Waals surface area contributed by atoms with Crippen LogP contribution < -0.4 is 5.32 Å². The first-order valence-corrected chi connectivity index (χ1v) is 7.81. The number of phenols is 1. The number of aromatic hydroxyl groups is 1. The fourth-order valence-corrected chi connectivity index (χ4v) is 3.22. The Bertz CT molecular complexity index is 818. The fraction of sp³-hybridized carbons (Fsp3) is 0.438. The molecule has 4 rings (SSSR count).